The Morgan fingerprint density at radius 3 is 2.33 bits per heavy atom. The Balaban J connectivity index is 1.94. The minimum Gasteiger partial charge on any atom is -0.360 e. The van der Waals surface area contributed by atoms with Crippen molar-refractivity contribution in [3.05, 3.63) is 66.1 Å². The smallest absolute Gasteiger partial charge is 0.267 e. The van der Waals surface area contributed by atoms with Crippen molar-refractivity contribution in [3.8, 4) is 0 Å². The first-order chi connectivity index (χ1) is 11.5. The number of rotatable bonds is 5. The number of nitrogens with zero attached hydrogens (tertiary/aromatic N) is 1. The van der Waals surface area contributed by atoms with Crippen molar-refractivity contribution in [2.24, 2.45) is 0 Å². The van der Waals surface area contributed by atoms with Crippen LogP contribution in [0.2, 0.25) is 0 Å². The SMILES string of the molecule is Cc1noc(C)c1S(=O)(=O)Nc1ccccc1Sc1ccccc1. The summed E-state index contributed by atoms with van der Waals surface area (Å²) in [5, 5.41) is 3.71. The lowest BCUT2D eigenvalue weighted by atomic mass is 10.3. The van der Waals surface area contributed by atoms with Gasteiger partial charge in [0.05, 0.1) is 5.69 Å². The number of aromatic nitrogens is 1. The summed E-state index contributed by atoms with van der Waals surface area (Å²) in [5.41, 5.74) is 0.861. The zero-order valence-corrected chi connectivity index (χ0v) is 14.8. The van der Waals surface area contributed by atoms with Crippen LogP contribution in [0.1, 0.15) is 11.5 Å². The third-order valence-electron chi connectivity index (χ3n) is 3.34. The van der Waals surface area contributed by atoms with Gasteiger partial charge >= 0.3 is 0 Å². The lowest BCUT2D eigenvalue weighted by molar-refractivity contribution is 0.390. The Hall–Kier alpha value is -2.25. The van der Waals surface area contributed by atoms with E-state index in [1.54, 1.807) is 26.0 Å². The van der Waals surface area contributed by atoms with Crippen LogP contribution in [0, 0.1) is 13.8 Å². The Kier molecular flexibility index (Phi) is 4.64. The molecule has 0 spiro atoms. The van der Waals surface area contributed by atoms with Crippen LogP contribution in [0.3, 0.4) is 0 Å². The summed E-state index contributed by atoms with van der Waals surface area (Å²) in [4.78, 5) is 1.93. The average Bonchev–Trinajstić information content (AvgIpc) is 2.90. The van der Waals surface area contributed by atoms with Gasteiger partial charge in [-0.1, -0.05) is 47.3 Å². The number of hydrogen-bond donors (Lipinski definition) is 1. The zero-order chi connectivity index (χ0) is 17.2. The summed E-state index contributed by atoms with van der Waals surface area (Å²) in [6, 6.07) is 17.1. The topological polar surface area (TPSA) is 72.2 Å². The highest BCUT2D eigenvalue weighted by Crippen LogP contribution is 2.34. The van der Waals surface area contributed by atoms with Crippen molar-refractivity contribution in [3.63, 3.8) is 0 Å². The molecule has 0 aliphatic rings. The monoisotopic (exact) mass is 360 g/mol. The van der Waals surface area contributed by atoms with E-state index < -0.39 is 10.0 Å². The Labute approximate surface area is 145 Å². The molecule has 0 unspecified atom stereocenters. The molecule has 3 rings (SSSR count). The molecule has 0 bridgehead atoms. The fourth-order valence-corrected chi connectivity index (χ4v) is 4.71. The summed E-state index contributed by atoms with van der Waals surface area (Å²) in [6.07, 6.45) is 0. The van der Waals surface area contributed by atoms with E-state index in [9.17, 15) is 8.42 Å². The first-order valence-corrected chi connectivity index (χ1v) is 9.55. The fourth-order valence-electron chi connectivity index (χ4n) is 2.31. The van der Waals surface area contributed by atoms with Gasteiger partial charge in [-0.15, -0.1) is 0 Å². The largest absolute Gasteiger partial charge is 0.360 e. The second kappa shape index (κ2) is 6.70. The van der Waals surface area contributed by atoms with E-state index in [0.29, 0.717) is 11.4 Å². The van der Waals surface area contributed by atoms with E-state index in [4.69, 9.17) is 4.52 Å². The number of aryl methyl sites for hydroxylation is 2. The summed E-state index contributed by atoms with van der Waals surface area (Å²) >= 11 is 1.49. The van der Waals surface area contributed by atoms with E-state index in [2.05, 4.69) is 9.88 Å². The molecule has 5 nitrogen and oxygen atoms in total. The van der Waals surface area contributed by atoms with E-state index in [1.165, 1.54) is 11.8 Å². The molecule has 7 heteroatoms. The minimum atomic E-state index is -3.77. The van der Waals surface area contributed by atoms with Crippen LogP contribution < -0.4 is 4.72 Å². The van der Waals surface area contributed by atoms with Crippen molar-refractivity contribution in [2.45, 2.75) is 28.5 Å². The molecule has 1 heterocycles. The zero-order valence-electron chi connectivity index (χ0n) is 13.2. The maximum atomic E-state index is 12.7. The Morgan fingerprint density at radius 1 is 1.00 bits per heavy atom. The normalized spacial score (nSPS) is 11.4. The summed E-state index contributed by atoms with van der Waals surface area (Å²) in [7, 11) is -3.77. The Bertz CT molecular complexity index is 931. The first-order valence-electron chi connectivity index (χ1n) is 7.25. The van der Waals surface area contributed by atoms with Crippen LogP contribution in [-0.4, -0.2) is 13.6 Å². The van der Waals surface area contributed by atoms with Crippen LogP contribution in [0.15, 0.2) is 73.8 Å². The van der Waals surface area contributed by atoms with Gasteiger partial charge in [-0.3, -0.25) is 4.72 Å². The van der Waals surface area contributed by atoms with Gasteiger partial charge in [-0.25, -0.2) is 8.42 Å². The third-order valence-corrected chi connectivity index (χ3v) is 6.03. The molecule has 0 saturated carbocycles. The van der Waals surface area contributed by atoms with Crippen LogP contribution in [-0.2, 0) is 10.0 Å². The fraction of sp³-hybridized carbons (Fsp3) is 0.118. The standard InChI is InChI=1S/C17H16N2O3S2/c1-12-17(13(2)22-18-12)24(20,21)19-15-10-6-7-11-16(15)23-14-8-4-3-5-9-14/h3-11,19H,1-2H3. The maximum absolute atomic E-state index is 12.7. The molecule has 24 heavy (non-hydrogen) atoms. The van der Waals surface area contributed by atoms with E-state index in [1.807, 2.05) is 42.5 Å². The van der Waals surface area contributed by atoms with Crippen LogP contribution in [0.25, 0.3) is 0 Å². The quantitative estimate of drug-likeness (QED) is 0.737. The molecule has 0 saturated heterocycles. The molecular weight excluding hydrogens is 344 g/mol. The van der Waals surface area contributed by atoms with E-state index in [0.717, 1.165) is 9.79 Å². The number of hydrogen-bond acceptors (Lipinski definition) is 5. The summed E-state index contributed by atoms with van der Waals surface area (Å²) in [5.74, 6) is 0.271. The molecule has 3 aromatic rings. The molecule has 0 atom stereocenters. The highest BCUT2D eigenvalue weighted by molar-refractivity contribution is 7.99. The minimum absolute atomic E-state index is 0.0852. The van der Waals surface area contributed by atoms with Gasteiger partial charge < -0.3 is 4.52 Å². The Morgan fingerprint density at radius 2 is 1.67 bits per heavy atom. The molecule has 1 N–H and O–H groups in total. The highest BCUT2D eigenvalue weighted by atomic mass is 32.2. The van der Waals surface area contributed by atoms with Gasteiger partial charge in [0.2, 0.25) is 0 Å². The molecule has 2 aromatic carbocycles. The van der Waals surface area contributed by atoms with Gasteiger partial charge in [0.1, 0.15) is 5.69 Å². The van der Waals surface area contributed by atoms with Gasteiger partial charge in [-0.2, -0.15) is 0 Å². The van der Waals surface area contributed by atoms with E-state index in [-0.39, 0.29) is 10.7 Å². The molecule has 0 fully saturated rings. The predicted octanol–water partition coefficient (Wildman–Crippen LogP) is 4.24. The summed E-state index contributed by atoms with van der Waals surface area (Å²) in [6.45, 7) is 3.19. The molecule has 0 aliphatic carbocycles. The number of para-hydroxylation sites is 1. The second-order valence-corrected chi connectivity index (χ2v) is 7.90. The third kappa shape index (κ3) is 3.47. The molecule has 0 radical (unpaired) electrons. The second-order valence-electron chi connectivity index (χ2n) is 5.17. The predicted molar refractivity (Wildman–Crippen MR) is 93.8 cm³/mol. The van der Waals surface area contributed by atoms with Gasteiger partial charge in [0.15, 0.2) is 10.7 Å². The maximum Gasteiger partial charge on any atom is 0.267 e. The molecule has 124 valence electrons. The molecule has 1 aromatic heterocycles. The van der Waals surface area contributed by atoms with Crippen molar-refractivity contribution in [2.75, 3.05) is 4.72 Å². The molecule has 0 amide bonds. The number of sulfonamides is 1. The molecule has 0 aliphatic heterocycles. The van der Waals surface area contributed by atoms with Crippen molar-refractivity contribution >= 4 is 27.5 Å². The summed E-state index contributed by atoms with van der Waals surface area (Å²) < 4.78 is 33.0. The van der Waals surface area contributed by atoms with Crippen LogP contribution >= 0.6 is 11.8 Å². The number of benzene rings is 2. The van der Waals surface area contributed by atoms with Gasteiger partial charge in [0, 0.05) is 9.79 Å². The van der Waals surface area contributed by atoms with Crippen molar-refractivity contribution < 1.29 is 12.9 Å². The lowest BCUT2D eigenvalue weighted by Crippen LogP contribution is -2.15. The van der Waals surface area contributed by atoms with Crippen molar-refractivity contribution in [1.82, 2.24) is 5.16 Å². The lowest BCUT2D eigenvalue weighted by Gasteiger charge is -2.12. The van der Waals surface area contributed by atoms with E-state index >= 15 is 0 Å². The number of anilines is 1. The van der Waals surface area contributed by atoms with Crippen LogP contribution in [0.4, 0.5) is 5.69 Å². The van der Waals surface area contributed by atoms with Gasteiger partial charge in [-0.05, 0) is 38.1 Å². The average molecular weight is 360 g/mol. The van der Waals surface area contributed by atoms with Gasteiger partial charge in [0.25, 0.3) is 10.0 Å². The number of nitrogens with one attached hydrogen (secondary N) is 1. The first kappa shape index (κ1) is 16.6. The van der Waals surface area contributed by atoms with Crippen LogP contribution in [0.5, 0.6) is 0 Å². The van der Waals surface area contributed by atoms with Crippen molar-refractivity contribution in [1.29, 1.82) is 0 Å². The highest BCUT2D eigenvalue weighted by Gasteiger charge is 2.25. The molecular formula is C17H16N2O3S2.